The maximum Gasteiger partial charge on any atom is 0.175 e. The van der Waals surface area contributed by atoms with Gasteiger partial charge in [-0.2, -0.15) is 0 Å². The first-order valence-electron chi connectivity index (χ1n) is 7.68. The van der Waals surface area contributed by atoms with E-state index in [1.54, 1.807) is 17.8 Å². The first kappa shape index (κ1) is 17.3. The number of rotatable bonds is 6. The Hall–Kier alpha value is -1.53. The zero-order valence-corrected chi connectivity index (χ0v) is 15.6. The lowest BCUT2D eigenvalue weighted by molar-refractivity contribution is 0.267. The predicted octanol–water partition coefficient (Wildman–Crippen LogP) is 5.06. The van der Waals surface area contributed by atoms with E-state index in [1.165, 1.54) is 12.1 Å². The van der Waals surface area contributed by atoms with Crippen molar-refractivity contribution in [3.05, 3.63) is 57.8 Å². The molecule has 0 fully saturated rings. The summed E-state index contributed by atoms with van der Waals surface area (Å²) in [5.74, 6) is 2.02. The van der Waals surface area contributed by atoms with E-state index < -0.39 is 0 Å². The molecule has 2 aromatic rings. The minimum absolute atomic E-state index is 0.269. The van der Waals surface area contributed by atoms with Crippen molar-refractivity contribution in [1.82, 2.24) is 0 Å². The molecule has 0 saturated carbocycles. The molecule has 0 radical (unpaired) electrons. The van der Waals surface area contributed by atoms with E-state index in [9.17, 15) is 4.39 Å². The highest BCUT2D eigenvalue weighted by molar-refractivity contribution is 9.10. The van der Waals surface area contributed by atoms with E-state index in [0.717, 1.165) is 32.9 Å². The third kappa shape index (κ3) is 4.11. The van der Waals surface area contributed by atoms with Crippen LogP contribution in [0, 0.1) is 5.82 Å². The van der Waals surface area contributed by atoms with E-state index >= 15 is 0 Å². The Balaban J connectivity index is 1.85. The number of hydrogen-bond donors (Lipinski definition) is 0. The van der Waals surface area contributed by atoms with Gasteiger partial charge in [-0.1, -0.05) is 12.1 Å². The van der Waals surface area contributed by atoms with Crippen LogP contribution >= 0.6 is 27.7 Å². The Morgan fingerprint density at radius 1 is 1.25 bits per heavy atom. The van der Waals surface area contributed by atoms with Crippen LogP contribution in [0.1, 0.15) is 18.1 Å². The van der Waals surface area contributed by atoms with Crippen molar-refractivity contribution < 1.29 is 13.9 Å². The van der Waals surface area contributed by atoms with Gasteiger partial charge >= 0.3 is 0 Å². The lowest BCUT2D eigenvalue weighted by Crippen LogP contribution is -2.03. The quantitative estimate of drug-likeness (QED) is 0.667. The molecule has 0 unspecified atom stereocenters. The van der Waals surface area contributed by atoms with Crippen molar-refractivity contribution in [2.24, 2.45) is 4.99 Å². The summed E-state index contributed by atoms with van der Waals surface area (Å²) in [4.78, 5) is 4.50. The largest absolute Gasteiger partial charge is 0.490 e. The highest BCUT2D eigenvalue weighted by Gasteiger charge is 2.17. The van der Waals surface area contributed by atoms with Crippen LogP contribution in [0.25, 0.3) is 0 Å². The number of halogens is 2. The minimum atomic E-state index is -0.271. The van der Waals surface area contributed by atoms with Crippen molar-refractivity contribution in [3.8, 4) is 11.5 Å². The second kappa shape index (κ2) is 8.03. The summed E-state index contributed by atoms with van der Waals surface area (Å²) < 4.78 is 25.7. The van der Waals surface area contributed by atoms with Crippen LogP contribution in [0.15, 0.2) is 45.9 Å². The fourth-order valence-corrected chi connectivity index (χ4v) is 3.79. The summed E-state index contributed by atoms with van der Waals surface area (Å²) in [6, 6.07) is 10.3. The van der Waals surface area contributed by atoms with Gasteiger partial charge in [0, 0.05) is 17.9 Å². The first-order valence-corrected chi connectivity index (χ1v) is 9.46. The average molecular weight is 410 g/mol. The molecule has 6 heteroatoms. The van der Waals surface area contributed by atoms with E-state index in [4.69, 9.17) is 9.47 Å². The normalized spacial score (nSPS) is 13.7. The molecule has 1 aliphatic rings. The van der Waals surface area contributed by atoms with Crippen molar-refractivity contribution in [2.45, 2.75) is 13.5 Å². The number of ether oxygens (including phenoxy) is 2. The minimum Gasteiger partial charge on any atom is -0.490 e. The summed E-state index contributed by atoms with van der Waals surface area (Å²) >= 11 is 5.30. The molecule has 1 heterocycles. The molecular formula is C18H17BrFNO2S. The number of nitrogens with zero attached hydrogens (tertiary/aromatic N) is 1. The SMILES string of the molecule is CCOc1cc(C2=NCCS2)cc(Br)c1OCc1cccc(F)c1. The Bertz CT molecular complexity index is 767. The summed E-state index contributed by atoms with van der Waals surface area (Å²) in [7, 11) is 0. The average Bonchev–Trinajstić information content (AvgIpc) is 3.09. The lowest BCUT2D eigenvalue weighted by Gasteiger charge is -2.15. The molecule has 0 spiro atoms. The number of hydrogen-bond acceptors (Lipinski definition) is 4. The van der Waals surface area contributed by atoms with Gasteiger partial charge in [0.15, 0.2) is 11.5 Å². The van der Waals surface area contributed by atoms with Gasteiger partial charge < -0.3 is 9.47 Å². The van der Waals surface area contributed by atoms with Crippen LogP contribution in [-0.2, 0) is 6.61 Å². The Kier molecular flexibility index (Phi) is 5.79. The number of thioether (sulfide) groups is 1. The van der Waals surface area contributed by atoms with Gasteiger partial charge in [0.2, 0.25) is 0 Å². The van der Waals surface area contributed by atoms with Crippen LogP contribution < -0.4 is 9.47 Å². The van der Waals surface area contributed by atoms with Crippen molar-refractivity contribution in [3.63, 3.8) is 0 Å². The third-order valence-electron chi connectivity index (χ3n) is 3.41. The van der Waals surface area contributed by atoms with Crippen LogP contribution in [0.2, 0.25) is 0 Å². The summed E-state index contributed by atoms with van der Waals surface area (Å²) in [6.45, 7) is 3.58. The molecule has 0 bridgehead atoms. The zero-order chi connectivity index (χ0) is 16.9. The van der Waals surface area contributed by atoms with Crippen molar-refractivity contribution in [1.29, 1.82) is 0 Å². The number of benzene rings is 2. The van der Waals surface area contributed by atoms with Crippen molar-refractivity contribution in [2.75, 3.05) is 18.9 Å². The predicted molar refractivity (Wildman–Crippen MR) is 99.9 cm³/mol. The van der Waals surface area contributed by atoms with E-state index in [0.29, 0.717) is 18.1 Å². The molecule has 0 saturated heterocycles. The van der Waals surface area contributed by atoms with Crippen LogP contribution in [0.5, 0.6) is 11.5 Å². The van der Waals surface area contributed by atoms with Gasteiger partial charge in [-0.3, -0.25) is 4.99 Å². The van der Waals surface area contributed by atoms with Crippen molar-refractivity contribution >= 4 is 32.7 Å². The Morgan fingerprint density at radius 3 is 2.83 bits per heavy atom. The van der Waals surface area contributed by atoms with E-state index in [2.05, 4.69) is 20.9 Å². The van der Waals surface area contributed by atoms with Gasteiger partial charge in [0.25, 0.3) is 0 Å². The standard InChI is InChI=1S/C18H17BrFNO2S/c1-2-22-16-10-13(18-21-6-7-24-18)9-15(19)17(16)23-11-12-4-3-5-14(20)8-12/h3-5,8-10H,2,6-7,11H2,1H3. The second-order valence-corrected chi connectivity index (χ2v) is 7.11. The summed E-state index contributed by atoms with van der Waals surface area (Å²) in [6.07, 6.45) is 0. The molecular weight excluding hydrogens is 393 g/mol. The van der Waals surface area contributed by atoms with Gasteiger partial charge in [0.05, 0.1) is 16.1 Å². The lowest BCUT2D eigenvalue weighted by atomic mass is 10.2. The van der Waals surface area contributed by atoms with Crippen LogP contribution in [-0.4, -0.2) is 23.9 Å². The molecule has 3 rings (SSSR count). The fraction of sp³-hybridized carbons (Fsp3) is 0.278. The smallest absolute Gasteiger partial charge is 0.175 e. The molecule has 0 aliphatic carbocycles. The molecule has 126 valence electrons. The van der Waals surface area contributed by atoms with Gasteiger partial charge in [-0.15, -0.1) is 11.8 Å². The maximum atomic E-state index is 13.3. The van der Waals surface area contributed by atoms with Gasteiger partial charge in [0.1, 0.15) is 12.4 Å². The van der Waals surface area contributed by atoms with E-state index in [-0.39, 0.29) is 12.4 Å². The molecule has 1 aliphatic heterocycles. The highest BCUT2D eigenvalue weighted by Crippen LogP contribution is 2.39. The fourth-order valence-electron chi connectivity index (χ4n) is 2.39. The van der Waals surface area contributed by atoms with Crippen LogP contribution in [0.4, 0.5) is 4.39 Å². The molecule has 0 atom stereocenters. The topological polar surface area (TPSA) is 30.8 Å². The maximum absolute atomic E-state index is 13.3. The second-order valence-electron chi connectivity index (χ2n) is 5.17. The third-order valence-corrected chi connectivity index (χ3v) is 5.03. The zero-order valence-electron chi connectivity index (χ0n) is 13.2. The monoisotopic (exact) mass is 409 g/mol. The Morgan fingerprint density at radius 2 is 2.12 bits per heavy atom. The van der Waals surface area contributed by atoms with Gasteiger partial charge in [-0.25, -0.2) is 4.39 Å². The van der Waals surface area contributed by atoms with Crippen LogP contribution in [0.3, 0.4) is 0 Å². The molecule has 24 heavy (non-hydrogen) atoms. The highest BCUT2D eigenvalue weighted by atomic mass is 79.9. The number of aliphatic imine (C=N–C) groups is 1. The molecule has 2 aromatic carbocycles. The molecule has 0 aromatic heterocycles. The Labute approximate surface area is 153 Å². The van der Waals surface area contributed by atoms with E-state index in [1.807, 2.05) is 25.1 Å². The molecule has 3 nitrogen and oxygen atoms in total. The van der Waals surface area contributed by atoms with Gasteiger partial charge in [-0.05, 0) is 52.7 Å². The summed E-state index contributed by atoms with van der Waals surface area (Å²) in [5, 5.41) is 1.02. The molecule has 0 N–H and O–H groups in total. The molecule has 0 amide bonds. The first-order chi connectivity index (χ1) is 11.7. The summed E-state index contributed by atoms with van der Waals surface area (Å²) in [5.41, 5.74) is 1.79.